The number of imide groups is 1. The van der Waals surface area contributed by atoms with Crippen molar-refractivity contribution < 1.29 is 9.59 Å². The van der Waals surface area contributed by atoms with Crippen molar-refractivity contribution >= 4 is 17.8 Å². The molecule has 126 valence electrons. The van der Waals surface area contributed by atoms with Crippen molar-refractivity contribution in [3.05, 3.63) is 17.8 Å². The van der Waals surface area contributed by atoms with Crippen LogP contribution < -0.4 is 15.5 Å². The van der Waals surface area contributed by atoms with Gasteiger partial charge in [0.2, 0.25) is 5.91 Å². The van der Waals surface area contributed by atoms with Crippen molar-refractivity contribution in [3.8, 4) is 0 Å². The molecular formula is C15H24N6O2. The highest BCUT2D eigenvalue weighted by atomic mass is 16.2. The van der Waals surface area contributed by atoms with Crippen LogP contribution in [0.25, 0.3) is 0 Å². The monoisotopic (exact) mass is 320 g/mol. The first-order valence-electron chi connectivity index (χ1n) is 7.87. The van der Waals surface area contributed by atoms with Crippen LogP contribution in [0.5, 0.6) is 0 Å². The van der Waals surface area contributed by atoms with Crippen molar-refractivity contribution in [3.63, 3.8) is 0 Å². The molecule has 1 aliphatic heterocycles. The molecule has 0 atom stereocenters. The lowest BCUT2D eigenvalue weighted by Crippen LogP contribution is -2.39. The fourth-order valence-electron chi connectivity index (χ4n) is 2.50. The minimum Gasteiger partial charge on any atom is -0.354 e. The highest BCUT2D eigenvalue weighted by Crippen LogP contribution is 2.13. The van der Waals surface area contributed by atoms with Crippen LogP contribution in [0.2, 0.25) is 0 Å². The molecule has 0 spiro atoms. The number of carbonyl (C=O) groups is 2. The molecule has 0 aliphatic carbocycles. The summed E-state index contributed by atoms with van der Waals surface area (Å²) in [6, 6.07) is 3.50. The SMILES string of the molecule is CNC(=O)NC(=O)CCN1CCCN(c2ccc(C)nn2)CC1. The molecule has 0 saturated carbocycles. The van der Waals surface area contributed by atoms with E-state index < -0.39 is 6.03 Å². The lowest BCUT2D eigenvalue weighted by atomic mass is 10.3. The minimum atomic E-state index is -0.463. The Hall–Kier alpha value is -2.22. The largest absolute Gasteiger partial charge is 0.354 e. The number of nitrogens with zero attached hydrogens (tertiary/aromatic N) is 4. The summed E-state index contributed by atoms with van der Waals surface area (Å²) in [5.74, 6) is 0.643. The van der Waals surface area contributed by atoms with Crippen LogP contribution in [0.4, 0.5) is 10.6 Å². The van der Waals surface area contributed by atoms with Crippen LogP contribution in [0.15, 0.2) is 12.1 Å². The Morgan fingerprint density at radius 3 is 2.70 bits per heavy atom. The summed E-state index contributed by atoms with van der Waals surface area (Å²) in [5, 5.41) is 13.0. The second-order valence-electron chi connectivity index (χ2n) is 5.59. The van der Waals surface area contributed by atoms with Crippen molar-refractivity contribution in [1.29, 1.82) is 0 Å². The maximum atomic E-state index is 11.6. The summed E-state index contributed by atoms with van der Waals surface area (Å²) in [6.45, 7) is 6.15. The molecule has 8 nitrogen and oxygen atoms in total. The quantitative estimate of drug-likeness (QED) is 0.820. The maximum Gasteiger partial charge on any atom is 0.321 e. The molecule has 1 fully saturated rings. The average Bonchev–Trinajstić information content (AvgIpc) is 2.79. The number of hydrogen-bond acceptors (Lipinski definition) is 6. The van der Waals surface area contributed by atoms with Crippen LogP contribution >= 0.6 is 0 Å². The Morgan fingerprint density at radius 1 is 1.17 bits per heavy atom. The van der Waals surface area contributed by atoms with Crippen LogP contribution in [0.1, 0.15) is 18.5 Å². The normalized spacial score (nSPS) is 15.8. The molecule has 1 saturated heterocycles. The van der Waals surface area contributed by atoms with Gasteiger partial charge in [-0.05, 0) is 32.0 Å². The van der Waals surface area contributed by atoms with E-state index in [-0.39, 0.29) is 5.91 Å². The van der Waals surface area contributed by atoms with E-state index >= 15 is 0 Å². The van der Waals surface area contributed by atoms with Gasteiger partial charge in [-0.25, -0.2) is 4.79 Å². The second-order valence-corrected chi connectivity index (χ2v) is 5.59. The summed E-state index contributed by atoms with van der Waals surface area (Å²) < 4.78 is 0. The fourth-order valence-corrected chi connectivity index (χ4v) is 2.50. The van der Waals surface area contributed by atoms with Gasteiger partial charge in [-0.15, -0.1) is 5.10 Å². The van der Waals surface area contributed by atoms with Crippen molar-refractivity contribution in [2.75, 3.05) is 44.7 Å². The number of carbonyl (C=O) groups excluding carboxylic acids is 2. The fraction of sp³-hybridized carbons (Fsp3) is 0.600. The predicted octanol–water partition coefficient (Wildman–Crippen LogP) is 0.143. The van der Waals surface area contributed by atoms with E-state index in [9.17, 15) is 9.59 Å². The zero-order chi connectivity index (χ0) is 16.7. The van der Waals surface area contributed by atoms with E-state index in [1.165, 1.54) is 7.05 Å². The molecule has 2 N–H and O–H groups in total. The molecule has 3 amide bonds. The van der Waals surface area contributed by atoms with Crippen molar-refractivity contribution in [2.45, 2.75) is 19.8 Å². The summed E-state index contributed by atoms with van der Waals surface area (Å²) in [5.41, 5.74) is 0.910. The molecule has 0 aromatic carbocycles. The van der Waals surface area contributed by atoms with Gasteiger partial charge >= 0.3 is 6.03 Å². The Kier molecular flexibility index (Phi) is 6.28. The predicted molar refractivity (Wildman–Crippen MR) is 87.3 cm³/mol. The zero-order valence-electron chi connectivity index (χ0n) is 13.7. The lowest BCUT2D eigenvalue weighted by Gasteiger charge is -2.22. The van der Waals surface area contributed by atoms with Gasteiger partial charge in [0, 0.05) is 39.6 Å². The molecule has 0 bridgehead atoms. The zero-order valence-corrected chi connectivity index (χ0v) is 13.7. The molecular weight excluding hydrogens is 296 g/mol. The number of rotatable bonds is 4. The van der Waals surface area contributed by atoms with Gasteiger partial charge in [0.15, 0.2) is 5.82 Å². The Labute approximate surface area is 136 Å². The van der Waals surface area contributed by atoms with Gasteiger partial charge in [-0.2, -0.15) is 5.10 Å². The summed E-state index contributed by atoms with van der Waals surface area (Å²) in [6.07, 6.45) is 1.32. The van der Waals surface area contributed by atoms with Crippen LogP contribution in [0, 0.1) is 6.92 Å². The first kappa shape index (κ1) is 17.1. The number of amides is 3. The molecule has 1 aromatic rings. The van der Waals surface area contributed by atoms with Gasteiger partial charge in [0.05, 0.1) is 5.69 Å². The number of aromatic nitrogens is 2. The van der Waals surface area contributed by atoms with Crippen LogP contribution in [-0.2, 0) is 4.79 Å². The summed E-state index contributed by atoms with van der Waals surface area (Å²) in [4.78, 5) is 27.2. The number of anilines is 1. The van der Waals surface area contributed by atoms with Gasteiger partial charge in [0.25, 0.3) is 0 Å². The Morgan fingerprint density at radius 2 is 2.00 bits per heavy atom. The van der Waals surface area contributed by atoms with E-state index in [1.54, 1.807) is 0 Å². The number of nitrogens with one attached hydrogen (secondary N) is 2. The average molecular weight is 320 g/mol. The van der Waals surface area contributed by atoms with E-state index in [0.717, 1.165) is 44.1 Å². The van der Waals surface area contributed by atoms with Gasteiger partial charge < -0.3 is 15.1 Å². The second kappa shape index (κ2) is 8.42. The molecule has 1 aliphatic rings. The van der Waals surface area contributed by atoms with Crippen molar-refractivity contribution in [1.82, 2.24) is 25.7 Å². The molecule has 2 heterocycles. The highest BCUT2D eigenvalue weighted by Gasteiger charge is 2.17. The minimum absolute atomic E-state index is 0.255. The third kappa shape index (κ3) is 5.48. The molecule has 1 aromatic heterocycles. The van der Waals surface area contributed by atoms with Gasteiger partial charge in [-0.1, -0.05) is 0 Å². The third-order valence-electron chi connectivity index (χ3n) is 3.83. The highest BCUT2D eigenvalue weighted by molar-refractivity contribution is 5.94. The number of urea groups is 1. The molecule has 23 heavy (non-hydrogen) atoms. The van der Waals surface area contributed by atoms with E-state index in [0.29, 0.717) is 13.0 Å². The van der Waals surface area contributed by atoms with Crippen LogP contribution in [0.3, 0.4) is 0 Å². The van der Waals surface area contributed by atoms with E-state index in [2.05, 4.69) is 30.6 Å². The number of hydrogen-bond donors (Lipinski definition) is 2. The lowest BCUT2D eigenvalue weighted by molar-refractivity contribution is -0.120. The maximum absolute atomic E-state index is 11.6. The molecule has 0 radical (unpaired) electrons. The standard InChI is InChI=1S/C15H24N6O2/c1-12-4-5-13(19-18-12)21-8-3-7-20(10-11-21)9-6-14(22)17-15(23)16-2/h4-5H,3,6-11H2,1-2H3,(H2,16,17,22,23). The van der Waals surface area contributed by atoms with E-state index in [4.69, 9.17) is 0 Å². The van der Waals surface area contributed by atoms with Crippen LogP contribution in [-0.4, -0.2) is 66.8 Å². The molecule has 8 heteroatoms. The van der Waals surface area contributed by atoms with Gasteiger partial charge in [0.1, 0.15) is 0 Å². The summed E-state index contributed by atoms with van der Waals surface area (Å²) in [7, 11) is 1.49. The van der Waals surface area contributed by atoms with Crippen molar-refractivity contribution in [2.24, 2.45) is 0 Å². The Bertz CT molecular complexity index is 533. The van der Waals surface area contributed by atoms with E-state index in [1.807, 2.05) is 19.1 Å². The number of aryl methyl sites for hydroxylation is 1. The summed E-state index contributed by atoms with van der Waals surface area (Å²) >= 11 is 0. The van der Waals surface area contributed by atoms with Gasteiger partial charge in [-0.3, -0.25) is 10.1 Å². The molecule has 0 unspecified atom stereocenters. The third-order valence-corrected chi connectivity index (χ3v) is 3.83. The topological polar surface area (TPSA) is 90.5 Å². The molecule has 2 rings (SSSR count). The first-order chi connectivity index (χ1) is 11.1. The first-order valence-corrected chi connectivity index (χ1v) is 7.87. The smallest absolute Gasteiger partial charge is 0.321 e. The Balaban J connectivity index is 1.78.